The first kappa shape index (κ1) is 30.1. The van der Waals surface area contributed by atoms with E-state index in [2.05, 4.69) is 56.8 Å². The average Bonchev–Trinajstić information content (AvgIpc) is 3.55. The molecule has 2 aromatic rings. The summed E-state index contributed by atoms with van der Waals surface area (Å²) in [6.07, 6.45) is 8.49. The molecule has 2 aliphatic rings. The predicted octanol–water partition coefficient (Wildman–Crippen LogP) is 6.38. The molecule has 39 heavy (non-hydrogen) atoms. The zero-order valence-electron chi connectivity index (χ0n) is 24.2. The number of nitrogens with zero attached hydrogens (tertiary/aromatic N) is 3. The molecule has 3 heterocycles. The summed E-state index contributed by atoms with van der Waals surface area (Å²) in [7, 11) is 0. The molecule has 3 atom stereocenters. The van der Waals surface area contributed by atoms with Crippen LogP contribution in [0, 0.1) is 23.7 Å². The molecule has 0 spiro atoms. The van der Waals surface area contributed by atoms with E-state index in [9.17, 15) is 9.59 Å². The van der Waals surface area contributed by atoms with Gasteiger partial charge in [0.1, 0.15) is 12.4 Å². The van der Waals surface area contributed by atoms with Crippen molar-refractivity contribution in [2.75, 3.05) is 25.0 Å². The van der Waals surface area contributed by atoms with Gasteiger partial charge in [-0.15, -0.1) is 11.8 Å². The lowest BCUT2D eigenvalue weighted by atomic mass is 9.75. The summed E-state index contributed by atoms with van der Waals surface area (Å²) in [5.74, 6) is 3.79. The molecule has 1 N–H and O–H groups in total. The van der Waals surface area contributed by atoms with Crippen molar-refractivity contribution in [2.45, 2.75) is 95.1 Å². The van der Waals surface area contributed by atoms with Gasteiger partial charge in [-0.2, -0.15) is 0 Å². The van der Waals surface area contributed by atoms with E-state index in [0.717, 1.165) is 16.4 Å². The zero-order valence-corrected chi connectivity index (χ0v) is 25.8. The number of thiazole rings is 1. The largest absolute Gasteiger partial charge is 0.444 e. The number of aromatic nitrogens is 2. The van der Waals surface area contributed by atoms with Crippen LogP contribution in [0.25, 0.3) is 0 Å². The maximum absolute atomic E-state index is 12.9. The van der Waals surface area contributed by atoms with Crippen LogP contribution in [0.3, 0.4) is 0 Å². The monoisotopic (exact) mass is 576 g/mol. The number of hydrogen-bond acceptors (Lipinski definition) is 8. The minimum absolute atomic E-state index is 0.0252. The number of hydrogen-bond donors (Lipinski definition) is 1. The number of nitrogens with one attached hydrogen (secondary N) is 1. The number of thioether (sulfide) groups is 1. The van der Waals surface area contributed by atoms with Crippen molar-refractivity contribution in [1.29, 1.82) is 0 Å². The fourth-order valence-electron chi connectivity index (χ4n) is 5.41. The zero-order chi connectivity index (χ0) is 28.2. The molecule has 2 aromatic heterocycles. The second kappa shape index (κ2) is 13.2. The third-order valence-electron chi connectivity index (χ3n) is 7.95. The van der Waals surface area contributed by atoms with Crippen molar-refractivity contribution < 1.29 is 18.7 Å². The number of oxazole rings is 1. The first-order chi connectivity index (χ1) is 18.5. The van der Waals surface area contributed by atoms with Crippen molar-refractivity contribution in [3.63, 3.8) is 0 Å². The van der Waals surface area contributed by atoms with Crippen molar-refractivity contribution in [3.05, 3.63) is 24.0 Å². The van der Waals surface area contributed by atoms with Crippen LogP contribution in [0.1, 0.15) is 85.3 Å². The third-order valence-corrected chi connectivity index (χ3v) is 10.0. The summed E-state index contributed by atoms with van der Waals surface area (Å²) in [6, 6.07) is 0. The maximum atomic E-state index is 12.9. The van der Waals surface area contributed by atoms with Crippen LogP contribution in [0.4, 0.5) is 5.13 Å². The van der Waals surface area contributed by atoms with E-state index < -0.39 is 0 Å². The highest BCUT2D eigenvalue weighted by molar-refractivity contribution is 8.00. The first-order valence-electron chi connectivity index (χ1n) is 14.2. The van der Waals surface area contributed by atoms with Crippen molar-refractivity contribution in [1.82, 2.24) is 14.9 Å². The number of likely N-dealkylation sites (tertiary alicyclic amines) is 1. The van der Waals surface area contributed by atoms with Crippen molar-refractivity contribution in [2.24, 2.45) is 23.7 Å². The molecule has 0 aromatic carbocycles. The lowest BCUT2D eigenvalue weighted by molar-refractivity contribution is -0.144. The maximum Gasteiger partial charge on any atom is 0.248 e. The normalized spacial score (nSPS) is 22.8. The Hall–Kier alpha value is -1.91. The highest BCUT2D eigenvalue weighted by Gasteiger charge is 2.33. The first-order valence-corrected chi connectivity index (χ1v) is 16.0. The molecule has 4 rings (SSSR count). The predicted molar refractivity (Wildman–Crippen MR) is 156 cm³/mol. The Bertz CT molecular complexity index is 1100. The van der Waals surface area contributed by atoms with Gasteiger partial charge in [0, 0.05) is 24.4 Å². The summed E-state index contributed by atoms with van der Waals surface area (Å²) in [5.41, 5.74) is -0.0695. The Morgan fingerprint density at radius 1 is 1.18 bits per heavy atom. The molecule has 0 unspecified atom stereocenters. The van der Waals surface area contributed by atoms with Crippen LogP contribution in [-0.4, -0.2) is 52.5 Å². The SMILES string of the molecule is CC(C)[C@@H]1CC[C@@H](C)C[C@H]1OCC(=O)N1CCC(C(=O)Nc2ncc(SCc3ncc(C(C)(C)C)o3)s2)CC1. The molecule has 1 aliphatic heterocycles. The molecule has 0 bridgehead atoms. The number of carbonyl (C=O) groups excluding carboxylic acids is 2. The fraction of sp³-hybridized carbons (Fsp3) is 0.724. The van der Waals surface area contributed by atoms with Crippen LogP contribution in [-0.2, 0) is 25.5 Å². The number of carbonyl (C=O) groups is 2. The molecule has 1 aliphatic carbocycles. The van der Waals surface area contributed by atoms with E-state index in [4.69, 9.17) is 9.15 Å². The highest BCUT2D eigenvalue weighted by Crippen LogP contribution is 2.36. The van der Waals surface area contributed by atoms with Gasteiger partial charge in [0.2, 0.25) is 17.7 Å². The van der Waals surface area contributed by atoms with Crippen LogP contribution >= 0.6 is 23.1 Å². The number of piperidine rings is 1. The molecule has 1 saturated heterocycles. The Kier molecular flexibility index (Phi) is 10.1. The molecule has 0 radical (unpaired) electrons. The third kappa shape index (κ3) is 8.30. The topological polar surface area (TPSA) is 97.6 Å². The van der Waals surface area contributed by atoms with Gasteiger partial charge in [0.05, 0.1) is 28.5 Å². The summed E-state index contributed by atoms with van der Waals surface area (Å²) in [6.45, 7) is 14.4. The summed E-state index contributed by atoms with van der Waals surface area (Å²) in [5, 5.41) is 3.57. The Balaban J connectivity index is 1.18. The van der Waals surface area contributed by atoms with E-state index in [-0.39, 0.29) is 35.9 Å². The number of rotatable bonds is 9. The number of ether oxygens (including phenoxy) is 1. The second-order valence-corrected chi connectivity index (χ2v) is 14.8. The molecule has 2 fully saturated rings. The van der Waals surface area contributed by atoms with Crippen LogP contribution < -0.4 is 5.32 Å². The van der Waals surface area contributed by atoms with Crippen molar-refractivity contribution in [3.8, 4) is 0 Å². The van der Waals surface area contributed by atoms with E-state index in [1.807, 2.05) is 4.90 Å². The summed E-state index contributed by atoms with van der Waals surface area (Å²) in [4.78, 5) is 36.4. The van der Waals surface area contributed by atoms with Crippen LogP contribution in [0.5, 0.6) is 0 Å². The standard InChI is InChI=1S/C29H44N4O4S2/c1-18(2)21-8-7-19(3)13-22(21)36-16-25(34)33-11-9-20(10-12-33)27(35)32-28-31-15-26(39-28)38-17-24-30-14-23(37-24)29(4,5)6/h14-15,18-22H,7-13,16-17H2,1-6H3,(H,31,32,35)/t19-,21+,22-/m1/s1. The molecular formula is C29H44N4O4S2. The van der Waals surface area contributed by atoms with Gasteiger partial charge >= 0.3 is 0 Å². The summed E-state index contributed by atoms with van der Waals surface area (Å²) >= 11 is 3.05. The van der Waals surface area contributed by atoms with E-state index in [1.165, 1.54) is 24.2 Å². The molecule has 10 heteroatoms. The second-order valence-electron chi connectivity index (χ2n) is 12.5. The molecule has 1 saturated carbocycles. The van der Waals surface area contributed by atoms with Gasteiger partial charge in [-0.05, 0) is 43.4 Å². The van der Waals surface area contributed by atoms with Crippen LogP contribution in [0.2, 0.25) is 0 Å². The number of amides is 2. The van der Waals surface area contributed by atoms with Gasteiger partial charge in [-0.1, -0.05) is 59.3 Å². The molecule has 216 valence electrons. The van der Waals surface area contributed by atoms with Gasteiger partial charge < -0.3 is 19.4 Å². The lowest BCUT2D eigenvalue weighted by Gasteiger charge is -2.37. The van der Waals surface area contributed by atoms with Gasteiger partial charge in [-0.3, -0.25) is 9.59 Å². The van der Waals surface area contributed by atoms with Gasteiger partial charge in [0.25, 0.3) is 0 Å². The minimum Gasteiger partial charge on any atom is -0.444 e. The van der Waals surface area contributed by atoms with Crippen molar-refractivity contribution >= 4 is 40.0 Å². The quantitative estimate of drug-likeness (QED) is 0.346. The highest BCUT2D eigenvalue weighted by atomic mass is 32.2. The molecular weight excluding hydrogens is 532 g/mol. The van der Waals surface area contributed by atoms with E-state index >= 15 is 0 Å². The Morgan fingerprint density at radius 2 is 1.92 bits per heavy atom. The smallest absolute Gasteiger partial charge is 0.248 e. The van der Waals surface area contributed by atoms with Gasteiger partial charge in [-0.25, -0.2) is 9.97 Å². The summed E-state index contributed by atoms with van der Waals surface area (Å²) < 4.78 is 13.0. The number of anilines is 1. The van der Waals surface area contributed by atoms with E-state index in [0.29, 0.717) is 60.5 Å². The Labute approximate surface area is 241 Å². The molecule has 8 nitrogen and oxygen atoms in total. The lowest BCUT2D eigenvalue weighted by Crippen LogP contribution is -2.44. The molecule has 2 amide bonds. The average molecular weight is 577 g/mol. The fourth-order valence-corrected chi connectivity index (χ4v) is 7.14. The van der Waals surface area contributed by atoms with E-state index in [1.54, 1.807) is 24.2 Å². The minimum atomic E-state index is -0.123. The van der Waals surface area contributed by atoms with Gasteiger partial charge in [0.15, 0.2) is 5.13 Å². The Morgan fingerprint density at radius 3 is 2.59 bits per heavy atom. The van der Waals surface area contributed by atoms with Crippen LogP contribution in [0.15, 0.2) is 21.0 Å².